The maximum atomic E-state index is 5.67. The Morgan fingerprint density at radius 2 is 2.20 bits per heavy atom. The van der Waals surface area contributed by atoms with Gasteiger partial charge in [-0.05, 0) is 0 Å². The second-order valence-corrected chi connectivity index (χ2v) is 3.37. The summed E-state index contributed by atoms with van der Waals surface area (Å²) in [7, 11) is 0. The van der Waals surface area contributed by atoms with Crippen LogP contribution in [0.25, 0.3) is 0 Å². The molecule has 0 fully saturated rings. The average molecular weight is 163 g/mol. The lowest BCUT2D eigenvalue weighted by atomic mass is 9.98. The smallest absolute Gasteiger partial charge is 0.0645 e. The van der Waals surface area contributed by atoms with Crippen molar-refractivity contribution in [1.82, 2.24) is 0 Å². The molecule has 0 saturated carbocycles. The zero-order valence-corrected chi connectivity index (χ0v) is 7.45. The van der Waals surface area contributed by atoms with Crippen molar-refractivity contribution in [3.63, 3.8) is 0 Å². The summed E-state index contributed by atoms with van der Waals surface area (Å²) in [6, 6.07) is 0. The highest BCUT2D eigenvalue weighted by molar-refractivity contribution is 6.18. The summed E-state index contributed by atoms with van der Waals surface area (Å²) in [5.74, 6) is 0.629. The Bertz CT molecular complexity index is 99.4. The van der Waals surface area contributed by atoms with Crippen molar-refractivity contribution in [2.24, 2.45) is 5.41 Å². The van der Waals surface area contributed by atoms with Gasteiger partial charge in [0.1, 0.15) is 0 Å². The van der Waals surface area contributed by atoms with Gasteiger partial charge < -0.3 is 4.74 Å². The first-order valence-electron chi connectivity index (χ1n) is 3.37. The molecule has 0 amide bonds. The van der Waals surface area contributed by atoms with Gasteiger partial charge in [-0.3, -0.25) is 0 Å². The third kappa shape index (κ3) is 4.83. The van der Waals surface area contributed by atoms with Gasteiger partial charge in [-0.2, -0.15) is 0 Å². The van der Waals surface area contributed by atoms with Crippen molar-refractivity contribution < 1.29 is 4.74 Å². The molecule has 0 aliphatic heterocycles. The number of hydrogen-bond acceptors (Lipinski definition) is 1. The molecule has 0 rings (SSSR count). The van der Waals surface area contributed by atoms with Crippen molar-refractivity contribution in [2.45, 2.75) is 13.8 Å². The molecule has 60 valence electrons. The maximum absolute atomic E-state index is 5.67. The Morgan fingerprint density at radius 3 is 2.60 bits per heavy atom. The van der Waals surface area contributed by atoms with E-state index in [2.05, 4.69) is 20.4 Å². The van der Waals surface area contributed by atoms with Crippen LogP contribution in [0, 0.1) is 5.41 Å². The molecule has 0 aliphatic carbocycles. The normalized spacial score (nSPS) is 11.5. The number of rotatable bonds is 5. The minimum atomic E-state index is 0.0879. The van der Waals surface area contributed by atoms with Gasteiger partial charge in [0, 0.05) is 11.3 Å². The zero-order chi connectivity index (χ0) is 8.04. The molecule has 0 heterocycles. The van der Waals surface area contributed by atoms with Gasteiger partial charge in [0.2, 0.25) is 0 Å². The van der Waals surface area contributed by atoms with Crippen LogP contribution in [0.15, 0.2) is 12.7 Å². The van der Waals surface area contributed by atoms with Gasteiger partial charge in [0.15, 0.2) is 0 Å². The van der Waals surface area contributed by atoms with E-state index in [4.69, 9.17) is 16.3 Å². The predicted molar refractivity (Wildman–Crippen MR) is 45.5 cm³/mol. The highest BCUT2D eigenvalue weighted by Crippen LogP contribution is 2.16. The van der Waals surface area contributed by atoms with Crippen molar-refractivity contribution in [3.8, 4) is 0 Å². The molecule has 1 nitrogen and oxygen atoms in total. The Hall–Kier alpha value is -0.0100. The molecule has 0 spiro atoms. The first-order chi connectivity index (χ1) is 4.62. The van der Waals surface area contributed by atoms with Gasteiger partial charge in [0.05, 0.1) is 13.2 Å². The molecule has 0 bridgehead atoms. The van der Waals surface area contributed by atoms with Gasteiger partial charge in [-0.15, -0.1) is 18.2 Å². The number of ether oxygens (including phenoxy) is 1. The van der Waals surface area contributed by atoms with Gasteiger partial charge in [0.25, 0.3) is 0 Å². The van der Waals surface area contributed by atoms with Crippen LogP contribution in [0.2, 0.25) is 0 Å². The van der Waals surface area contributed by atoms with E-state index in [-0.39, 0.29) is 5.41 Å². The largest absolute Gasteiger partial charge is 0.377 e. The van der Waals surface area contributed by atoms with E-state index in [0.717, 1.165) is 0 Å². The Balaban J connectivity index is 3.36. The number of halogens is 1. The zero-order valence-electron chi connectivity index (χ0n) is 6.69. The van der Waals surface area contributed by atoms with E-state index >= 15 is 0 Å². The van der Waals surface area contributed by atoms with Gasteiger partial charge >= 0.3 is 0 Å². The Labute approximate surface area is 68.0 Å². The molecule has 0 unspecified atom stereocenters. The van der Waals surface area contributed by atoms with Crippen molar-refractivity contribution in [2.75, 3.05) is 19.1 Å². The fraction of sp³-hybridized carbons (Fsp3) is 0.750. The lowest BCUT2D eigenvalue weighted by Gasteiger charge is -2.20. The molecule has 0 aliphatic rings. The lowest BCUT2D eigenvalue weighted by molar-refractivity contribution is 0.0928. The summed E-state index contributed by atoms with van der Waals surface area (Å²) in [6.07, 6.45) is 1.74. The van der Waals surface area contributed by atoms with Crippen molar-refractivity contribution in [1.29, 1.82) is 0 Å². The second-order valence-electron chi connectivity index (χ2n) is 3.10. The standard InChI is InChI=1S/C8H15ClO/c1-4-5-10-7-8(2,3)6-9/h4H,1,5-7H2,2-3H3. The molecule has 0 saturated heterocycles. The first-order valence-corrected chi connectivity index (χ1v) is 3.90. The van der Waals surface area contributed by atoms with Crippen molar-refractivity contribution in [3.05, 3.63) is 12.7 Å². The monoisotopic (exact) mass is 162 g/mol. The summed E-state index contributed by atoms with van der Waals surface area (Å²) in [5, 5.41) is 0. The molecule has 0 aromatic heterocycles. The van der Waals surface area contributed by atoms with E-state index in [1.807, 2.05) is 0 Å². The topological polar surface area (TPSA) is 9.23 Å². The average Bonchev–Trinajstić information content (AvgIpc) is 1.89. The first kappa shape index (κ1) is 9.99. The maximum Gasteiger partial charge on any atom is 0.0645 e. The van der Waals surface area contributed by atoms with Crippen LogP contribution in [0.3, 0.4) is 0 Å². The van der Waals surface area contributed by atoms with E-state index in [9.17, 15) is 0 Å². The van der Waals surface area contributed by atoms with Crippen LogP contribution in [0.1, 0.15) is 13.8 Å². The van der Waals surface area contributed by atoms with E-state index in [0.29, 0.717) is 19.1 Å². The summed E-state index contributed by atoms with van der Waals surface area (Å²) < 4.78 is 5.24. The molecule has 10 heavy (non-hydrogen) atoms. The van der Waals surface area contributed by atoms with Crippen molar-refractivity contribution >= 4 is 11.6 Å². The minimum Gasteiger partial charge on any atom is -0.377 e. The van der Waals surface area contributed by atoms with Crippen LogP contribution in [0.5, 0.6) is 0 Å². The predicted octanol–water partition coefficient (Wildman–Crippen LogP) is 2.45. The van der Waals surface area contributed by atoms with E-state index in [1.54, 1.807) is 6.08 Å². The highest BCUT2D eigenvalue weighted by Gasteiger charge is 2.15. The summed E-state index contributed by atoms with van der Waals surface area (Å²) in [6.45, 7) is 9.00. The summed E-state index contributed by atoms with van der Waals surface area (Å²) in [5.41, 5.74) is 0.0879. The summed E-state index contributed by atoms with van der Waals surface area (Å²) in [4.78, 5) is 0. The third-order valence-corrected chi connectivity index (χ3v) is 1.81. The van der Waals surface area contributed by atoms with Crippen LogP contribution < -0.4 is 0 Å². The van der Waals surface area contributed by atoms with Gasteiger partial charge in [-0.1, -0.05) is 19.9 Å². The second kappa shape index (κ2) is 4.75. The minimum absolute atomic E-state index is 0.0879. The highest BCUT2D eigenvalue weighted by atomic mass is 35.5. The van der Waals surface area contributed by atoms with Crippen LogP contribution in [-0.2, 0) is 4.74 Å². The van der Waals surface area contributed by atoms with Crippen LogP contribution in [0.4, 0.5) is 0 Å². The van der Waals surface area contributed by atoms with Crippen LogP contribution in [-0.4, -0.2) is 19.1 Å². The number of hydrogen-bond donors (Lipinski definition) is 0. The lowest BCUT2D eigenvalue weighted by Crippen LogP contribution is -2.20. The molecule has 0 aromatic rings. The van der Waals surface area contributed by atoms with E-state index in [1.165, 1.54) is 0 Å². The fourth-order valence-electron chi connectivity index (χ4n) is 0.457. The molecular weight excluding hydrogens is 148 g/mol. The number of alkyl halides is 1. The SMILES string of the molecule is C=CCOCC(C)(C)CCl. The molecular formula is C8H15ClO. The van der Waals surface area contributed by atoms with E-state index < -0.39 is 0 Å². The Kier molecular flexibility index (Phi) is 4.75. The Morgan fingerprint density at radius 1 is 1.60 bits per heavy atom. The van der Waals surface area contributed by atoms with Gasteiger partial charge in [-0.25, -0.2) is 0 Å². The molecule has 0 aromatic carbocycles. The van der Waals surface area contributed by atoms with Crippen LogP contribution >= 0.6 is 11.6 Å². The molecule has 0 radical (unpaired) electrons. The quantitative estimate of drug-likeness (QED) is 0.343. The molecule has 2 heteroatoms. The third-order valence-electron chi connectivity index (χ3n) is 1.09. The fourth-order valence-corrected chi connectivity index (χ4v) is 0.534. The molecule has 0 atom stereocenters. The summed E-state index contributed by atoms with van der Waals surface area (Å²) >= 11 is 5.67. The molecule has 0 N–H and O–H groups in total.